The van der Waals surface area contributed by atoms with Gasteiger partial charge in [-0.3, -0.25) is 0 Å². The second kappa shape index (κ2) is 9.68. The number of hydrogen-bond donors (Lipinski definition) is 1. The molecule has 0 radical (unpaired) electrons. The number of benzene rings is 2. The fourth-order valence-corrected chi connectivity index (χ4v) is 2.94. The fourth-order valence-electron chi connectivity index (χ4n) is 2.94. The summed E-state index contributed by atoms with van der Waals surface area (Å²) in [6.07, 6.45) is 1.72. The van der Waals surface area contributed by atoms with E-state index in [0.29, 0.717) is 36.2 Å². The highest BCUT2D eigenvalue weighted by Crippen LogP contribution is 2.23. The summed E-state index contributed by atoms with van der Waals surface area (Å²) in [6, 6.07) is 19.5. The molecule has 0 aliphatic heterocycles. The summed E-state index contributed by atoms with van der Waals surface area (Å²) in [5, 5.41) is 3.23. The molecule has 0 bridgehead atoms. The van der Waals surface area contributed by atoms with Crippen LogP contribution in [-0.2, 0) is 11.3 Å². The van der Waals surface area contributed by atoms with Crippen LogP contribution in [0, 0.1) is 0 Å². The van der Waals surface area contributed by atoms with E-state index in [-0.39, 0.29) is 12.0 Å². The first-order valence-corrected chi connectivity index (χ1v) is 9.75. The summed E-state index contributed by atoms with van der Waals surface area (Å²) in [6.45, 7) is 7.05. The minimum Gasteiger partial charge on any atom is -0.462 e. The van der Waals surface area contributed by atoms with Gasteiger partial charge in [0.1, 0.15) is 5.82 Å². The zero-order chi connectivity index (χ0) is 20.6. The van der Waals surface area contributed by atoms with Gasteiger partial charge in [0.25, 0.3) is 0 Å². The third kappa shape index (κ3) is 5.31. The first-order chi connectivity index (χ1) is 14.1. The maximum Gasteiger partial charge on any atom is 0.340 e. The molecule has 0 spiro atoms. The standard InChI is InChI=1S/C23H26N4O2/c1-4-29-22(28)19-12-8-9-13-20(19)25-21-14-15-24-23(26-21)27(17(2)3)16-18-10-6-5-7-11-18/h5-15,17H,4,16H2,1-3H3,(H,24,25,26). The predicted octanol–water partition coefficient (Wildman–Crippen LogP) is 4.81. The van der Waals surface area contributed by atoms with E-state index in [9.17, 15) is 4.79 Å². The zero-order valence-corrected chi connectivity index (χ0v) is 17.0. The molecule has 1 N–H and O–H groups in total. The Labute approximate surface area is 171 Å². The number of carbonyl (C=O) groups excluding carboxylic acids is 1. The van der Waals surface area contributed by atoms with E-state index < -0.39 is 0 Å². The van der Waals surface area contributed by atoms with E-state index in [1.165, 1.54) is 5.56 Å². The molecule has 150 valence electrons. The van der Waals surface area contributed by atoms with E-state index >= 15 is 0 Å². The Hall–Kier alpha value is -3.41. The average Bonchev–Trinajstić information content (AvgIpc) is 2.73. The van der Waals surface area contributed by atoms with Crippen LogP contribution < -0.4 is 10.2 Å². The van der Waals surface area contributed by atoms with Crippen molar-refractivity contribution in [1.29, 1.82) is 0 Å². The van der Waals surface area contributed by atoms with Crippen molar-refractivity contribution in [2.24, 2.45) is 0 Å². The second-order valence-electron chi connectivity index (χ2n) is 6.84. The van der Waals surface area contributed by atoms with Gasteiger partial charge in [-0.2, -0.15) is 4.98 Å². The van der Waals surface area contributed by atoms with Gasteiger partial charge in [0.2, 0.25) is 5.95 Å². The predicted molar refractivity (Wildman–Crippen MR) is 115 cm³/mol. The molecule has 0 aliphatic rings. The van der Waals surface area contributed by atoms with Crippen LogP contribution in [0.5, 0.6) is 0 Å². The highest BCUT2D eigenvalue weighted by Gasteiger charge is 2.16. The molecule has 1 aromatic heterocycles. The summed E-state index contributed by atoms with van der Waals surface area (Å²) in [5.41, 5.74) is 2.31. The van der Waals surface area contributed by atoms with Gasteiger partial charge >= 0.3 is 5.97 Å². The van der Waals surface area contributed by atoms with Crippen LogP contribution >= 0.6 is 0 Å². The lowest BCUT2D eigenvalue weighted by atomic mass is 10.2. The monoisotopic (exact) mass is 390 g/mol. The third-order valence-corrected chi connectivity index (χ3v) is 4.40. The SMILES string of the molecule is CCOC(=O)c1ccccc1Nc1ccnc(N(Cc2ccccc2)C(C)C)n1. The van der Waals surface area contributed by atoms with Gasteiger partial charge < -0.3 is 15.0 Å². The van der Waals surface area contributed by atoms with Gasteiger partial charge in [0.15, 0.2) is 0 Å². The number of anilines is 3. The highest BCUT2D eigenvalue weighted by molar-refractivity contribution is 5.96. The average molecular weight is 390 g/mol. The number of nitrogens with zero attached hydrogens (tertiary/aromatic N) is 3. The Morgan fingerprint density at radius 3 is 2.52 bits per heavy atom. The number of esters is 1. The smallest absolute Gasteiger partial charge is 0.340 e. The Bertz CT molecular complexity index is 944. The van der Waals surface area contributed by atoms with Crippen LogP contribution in [0.1, 0.15) is 36.7 Å². The Balaban J connectivity index is 1.85. The van der Waals surface area contributed by atoms with Crippen molar-refractivity contribution in [1.82, 2.24) is 9.97 Å². The number of aromatic nitrogens is 2. The molecule has 0 unspecified atom stereocenters. The number of carbonyl (C=O) groups is 1. The Morgan fingerprint density at radius 2 is 1.79 bits per heavy atom. The minimum atomic E-state index is -0.363. The van der Waals surface area contributed by atoms with Crippen molar-refractivity contribution < 1.29 is 9.53 Å². The van der Waals surface area contributed by atoms with Crippen molar-refractivity contribution in [3.05, 3.63) is 78.0 Å². The van der Waals surface area contributed by atoms with Crippen molar-refractivity contribution in [3.63, 3.8) is 0 Å². The highest BCUT2D eigenvalue weighted by atomic mass is 16.5. The molecule has 0 saturated carbocycles. The quantitative estimate of drug-likeness (QED) is 0.557. The number of para-hydroxylation sites is 1. The molecule has 3 rings (SSSR count). The van der Waals surface area contributed by atoms with Gasteiger partial charge in [0, 0.05) is 18.8 Å². The Kier molecular flexibility index (Phi) is 6.79. The molecule has 0 amide bonds. The van der Waals surface area contributed by atoms with Crippen molar-refractivity contribution >= 4 is 23.4 Å². The van der Waals surface area contributed by atoms with Gasteiger partial charge in [-0.25, -0.2) is 9.78 Å². The van der Waals surface area contributed by atoms with Crippen molar-refractivity contribution in [2.45, 2.75) is 33.4 Å². The topological polar surface area (TPSA) is 67.3 Å². The van der Waals surface area contributed by atoms with Crippen LogP contribution in [0.15, 0.2) is 66.9 Å². The number of ether oxygens (including phenoxy) is 1. The summed E-state index contributed by atoms with van der Waals surface area (Å²) < 4.78 is 5.15. The molecular formula is C23H26N4O2. The maximum absolute atomic E-state index is 12.2. The van der Waals surface area contributed by atoms with Gasteiger partial charge in [-0.15, -0.1) is 0 Å². The molecule has 6 heteroatoms. The number of nitrogens with one attached hydrogen (secondary N) is 1. The van der Waals surface area contributed by atoms with Gasteiger partial charge in [-0.05, 0) is 44.5 Å². The number of hydrogen-bond acceptors (Lipinski definition) is 6. The van der Waals surface area contributed by atoms with E-state index in [1.807, 2.05) is 36.4 Å². The molecule has 1 heterocycles. The lowest BCUT2D eigenvalue weighted by Crippen LogP contribution is -2.31. The zero-order valence-electron chi connectivity index (χ0n) is 17.0. The van der Waals surface area contributed by atoms with Crippen molar-refractivity contribution in [3.8, 4) is 0 Å². The van der Waals surface area contributed by atoms with Crippen LogP contribution in [0.2, 0.25) is 0 Å². The molecule has 0 fully saturated rings. The minimum absolute atomic E-state index is 0.220. The van der Waals surface area contributed by atoms with E-state index in [0.717, 1.165) is 0 Å². The summed E-state index contributed by atoms with van der Waals surface area (Å²) in [5.74, 6) is 0.880. The molecular weight excluding hydrogens is 364 g/mol. The second-order valence-corrected chi connectivity index (χ2v) is 6.84. The van der Waals surface area contributed by atoms with Crippen LogP contribution in [0.25, 0.3) is 0 Å². The summed E-state index contributed by atoms with van der Waals surface area (Å²) in [7, 11) is 0. The maximum atomic E-state index is 12.2. The van der Waals surface area contributed by atoms with Gasteiger partial charge in [0.05, 0.1) is 17.9 Å². The molecule has 6 nitrogen and oxygen atoms in total. The van der Waals surface area contributed by atoms with Crippen LogP contribution in [0.3, 0.4) is 0 Å². The third-order valence-electron chi connectivity index (χ3n) is 4.40. The largest absolute Gasteiger partial charge is 0.462 e. The molecule has 0 saturated heterocycles. The molecule has 0 aliphatic carbocycles. The fraction of sp³-hybridized carbons (Fsp3) is 0.261. The lowest BCUT2D eigenvalue weighted by molar-refractivity contribution is 0.0527. The molecule has 0 atom stereocenters. The summed E-state index contributed by atoms with van der Waals surface area (Å²) >= 11 is 0. The van der Waals surface area contributed by atoms with E-state index in [2.05, 4.69) is 46.2 Å². The number of rotatable bonds is 8. The van der Waals surface area contributed by atoms with Crippen LogP contribution in [0.4, 0.5) is 17.5 Å². The lowest BCUT2D eigenvalue weighted by Gasteiger charge is -2.27. The van der Waals surface area contributed by atoms with Crippen molar-refractivity contribution in [2.75, 3.05) is 16.8 Å². The normalized spacial score (nSPS) is 10.6. The summed E-state index contributed by atoms with van der Waals surface area (Å²) in [4.78, 5) is 23.5. The molecule has 3 aromatic rings. The van der Waals surface area contributed by atoms with Crippen LogP contribution in [-0.4, -0.2) is 28.6 Å². The Morgan fingerprint density at radius 1 is 1.07 bits per heavy atom. The van der Waals surface area contributed by atoms with E-state index in [4.69, 9.17) is 4.74 Å². The molecule has 29 heavy (non-hydrogen) atoms. The first kappa shape index (κ1) is 20.3. The van der Waals surface area contributed by atoms with Gasteiger partial charge in [-0.1, -0.05) is 42.5 Å². The first-order valence-electron chi connectivity index (χ1n) is 9.75. The van der Waals surface area contributed by atoms with E-state index in [1.54, 1.807) is 25.3 Å². The molecule has 2 aromatic carbocycles.